The molecule has 43 heavy (non-hydrogen) atoms. The standard InChI is InChI=1S/C31H49N5O6S/c1-10-43(39,40)20-22-14-23(19-35(18-22)29(38)42-31(7,8)9)36(17-21(2)3)27(37)25-16-33-28(30(4,5)6)34-26(25)32-15-24-12-11-13-41-24/h11-13,16,21-23H,10,14-15,17-20H2,1-9H3,(H,32,33,34)/t22-,23-/m0/s1. The lowest BCUT2D eigenvalue weighted by atomic mass is 9.93. The van der Waals surface area contributed by atoms with E-state index in [-0.39, 0.29) is 47.8 Å². The summed E-state index contributed by atoms with van der Waals surface area (Å²) in [5.41, 5.74) is -0.772. The van der Waals surface area contributed by atoms with Gasteiger partial charge in [-0.1, -0.05) is 41.5 Å². The van der Waals surface area contributed by atoms with Crippen LogP contribution in [0.15, 0.2) is 29.0 Å². The summed E-state index contributed by atoms with van der Waals surface area (Å²) in [6.45, 7) is 18.2. The van der Waals surface area contributed by atoms with Crippen LogP contribution >= 0.6 is 0 Å². The molecule has 11 nitrogen and oxygen atoms in total. The molecule has 1 saturated heterocycles. The summed E-state index contributed by atoms with van der Waals surface area (Å²) in [5, 5.41) is 3.26. The highest BCUT2D eigenvalue weighted by molar-refractivity contribution is 7.91. The van der Waals surface area contributed by atoms with Gasteiger partial charge in [-0.2, -0.15) is 0 Å². The van der Waals surface area contributed by atoms with Gasteiger partial charge in [-0.15, -0.1) is 0 Å². The first-order valence-corrected chi connectivity index (χ1v) is 16.8. The molecular weight excluding hydrogens is 570 g/mol. The molecule has 240 valence electrons. The summed E-state index contributed by atoms with van der Waals surface area (Å²) in [5.74, 6) is 1.07. The summed E-state index contributed by atoms with van der Waals surface area (Å²) < 4.78 is 36.5. The number of hydrogen-bond donors (Lipinski definition) is 1. The zero-order valence-electron chi connectivity index (χ0n) is 27.1. The molecule has 0 aromatic carbocycles. The van der Waals surface area contributed by atoms with Crippen molar-refractivity contribution in [2.75, 3.05) is 36.5 Å². The number of piperidine rings is 1. The van der Waals surface area contributed by atoms with E-state index in [0.717, 1.165) is 0 Å². The number of rotatable bonds is 10. The van der Waals surface area contributed by atoms with E-state index in [4.69, 9.17) is 14.1 Å². The van der Waals surface area contributed by atoms with Crippen molar-refractivity contribution in [2.45, 2.75) is 92.3 Å². The van der Waals surface area contributed by atoms with E-state index < -0.39 is 27.6 Å². The maximum Gasteiger partial charge on any atom is 0.410 e. The number of ether oxygens (including phenoxy) is 1. The number of aromatic nitrogens is 2. The molecule has 1 N–H and O–H groups in total. The minimum atomic E-state index is -3.32. The van der Waals surface area contributed by atoms with Gasteiger partial charge in [0.25, 0.3) is 5.91 Å². The molecule has 2 aromatic heterocycles. The summed E-state index contributed by atoms with van der Waals surface area (Å²) in [6.07, 6.45) is 3.06. The summed E-state index contributed by atoms with van der Waals surface area (Å²) in [6, 6.07) is 3.19. The quantitative estimate of drug-likeness (QED) is 0.384. The first-order valence-electron chi connectivity index (χ1n) is 15.0. The first-order chi connectivity index (χ1) is 19.9. The van der Waals surface area contributed by atoms with E-state index in [1.54, 1.807) is 56.0 Å². The highest BCUT2D eigenvalue weighted by Gasteiger charge is 2.39. The number of nitrogens with one attached hydrogen (secondary N) is 1. The second kappa shape index (κ2) is 13.7. The largest absolute Gasteiger partial charge is 0.467 e. The van der Waals surface area contributed by atoms with Crippen molar-refractivity contribution in [3.8, 4) is 0 Å². The highest BCUT2D eigenvalue weighted by Crippen LogP contribution is 2.29. The van der Waals surface area contributed by atoms with Crippen molar-refractivity contribution >= 4 is 27.7 Å². The molecule has 0 saturated carbocycles. The molecule has 1 aliphatic heterocycles. The van der Waals surface area contributed by atoms with Gasteiger partial charge in [0, 0.05) is 37.0 Å². The van der Waals surface area contributed by atoms with E-state index >= 15 is 0 Å². The Morgan fingerprint density at radius 3 is 2.44 bits per heavy atom. The summed E-state index contributed by atoms with van der Waals surface area (Å²) in [4.78, 5) is 40.2. The molecule has 1 fully saturated rings. The van der Waals surface area contributed by atoms with Gasteiger partial charge in [0.05, 0.1) is 24.6 Å². The molecule has 3 rings (SSSR count). The Labute approximate surface area is 256 Å². The average molecular weight is 620 g/mol. The maximum absolute atomic E-state index is 14.4. The van der Waals surface area contributed by atoms with Gasteiger partial charge in [-0.05, 0) is 51.2 Å². The Bertz CT molecular complexity index is 1350. The third-order valence-corrected chi connectivity index (χ3v) is 8.92. The van der Waals surface area contributed by atoms with Gasteiger partial charge < -0.3 is 24.3 Å². The van der Waals surface area contributed by atoms with Crippen molar-refractivity contribution in [3.05, 3.63) is 41.7 Å². The Balaban J connectivity index is 2.02. The molecule has 3 heterocycles. The van der Waals surface area contributed by atoms with Crippen LogP contribution in [0.2, 0.25) is 0 Å². The number of amides is 2. The molecule has 0 unspecified atom stereocenters. The summed E-state index contributed by atoms with van der Waals surface area (Å²) in [7, 11) is -3.32. The van der Waals surface area contributed by atoms with Gasteiger partial charge in [-0.25, -0.2) is 23.2 Å². The number of carbonyl (C=O) groups is 2. The molecule has 2 amide bonds. The average Bonchev–Trinajstić information content (AvgIpc) is 3.42. The number of sulfone groups is 1. The molecule has 0 bridgehead atoms. The van der Waals surface area contributed by atoms with Crippen molar-refractivity contribution in [1.29, 1.82) is 0 Å². The normalized spacial score (nSPS) is 18.0. The number of furan rings is 1. The van der Waals surface area contributed by atoms with Crippen LogP contribution in [-0.4, -0.2) is 83.0 Å². The topological polar surface area (TPSA) is 135 Å². The molecule has 12 heteroatoms. The van der Waals surface area contributed by atoms with Crippen LogP contribution in [0.1, 0.15) is 90.7 Å². The second-order valence-electron chi connectivity index (χ2n) is 13.8. The maximum atomic E-state index is 14.4. The van der Waals surface area contributed by atoms with E-state index in [0.29, 0.717) is 42.5 Å². The Morgan fingerprint density at radius 1 is 1.19 bits per heavy atom. The fourth-order valence-corrected chi connectivity index (χ4v) is 6.23. The van der Waals surface area contributed by atoms with Crippen LogP contribution in [0.5, 0.6) is 0 Å². The number of anilines is 1. The molecule has 1 aliphatic rings. The van der Waals surface area contributed by atoms with Crippen molar-refractivity contribution < 1.29 is 27.2 Å². The Hall–Kier alpha value is -3.15. The lowest BCUT2D eigenvalue weighted by Gasteiger charge is -2.43. The van der Waals surface area contributed by atoms with E-state index in [2.05, 4.69) is 10.3 Å². The number of nitrogens with zero attached hydrogens (tertiary/aromatic N) is 4. The number of carbonyl (C=O) groups excluding carboxylic acids is 2. The zero-order valence-corrected chi connectivity index (χ0v) is 28.0. The van der Waals surface area contributed by atoms with Gasteiger partial charge >= 0.3 is 6.09 Å². The molecule has 2 aromatic rings. The molecular formula is C31H49N5O6S. The van der Waals surface area contributed by atoms with Crippen LogP contribution in [0.4, 0.5) is 10.6 Å². The second-order valence-corrected chi connectivity index (χ2v) is 16.2. The predicted octanol–water partition coefficient (Wildman–Crippen LogP) is 5.14. The minimum absolute atomic E-state index is 0.0113. The van der Waals surface area contributed by atoms with Crippen LogP contribution in [0.25, 0.3) is 0 Å². The van der Waals surface area contributed by atoms with Crippen molar-refractivity contribution in [2.24, 2.45) is 11.8 Å². The zero-order chi connectivity index (χ0) is 32.2. The van der Waals surface area contributed by atoms with E-state index in [1.807, 2.05) is 40.7 Å². The van der Waals surface area contributed by atoms with Gasteiger partial charge in [0.2, 0.25) is 0 Å². The summed E-state index contributed by atoms with van der Waals surface area (Å²) >= 11 is 0. The molecule has 2 atom stereocenters. The lowest BCUT2D eigenvalue weighted by Crippen LogP contribution is -2.56. The van der Waals surface area contributed by atoms with Crippen molar-refractivity contribution in [1.82, 2.24) is 19.8 Å². The van der Waals surface area contributed by atoms with Gasteiger partial charge in [0.15, 0.2) is 0 Å². The highest BCUT2D eigenvalue weighted by atomic mass is 32.2. The van der Waals surface area contributed by atoms with Crippen molar-refractivity contribution in [3.63, 3.8) is 0 Å². The predicted molar refractivity (Wildman–Crippen MR) is 167 cm³/mol. The minimum Gasteiger partial charge on any atom is -0.467 e. The van der Waals surface area contributed by atoms with Gasteiger partial charge in [-0.3, -0.25) is 4.79 Å². The van der Waals surface area contributed by atoms with Crippen LogP contribution in [-0.2, 0) is 26.5 Å². The van der Waals surface area contributed by atoms with Crippen LogP contribution in [0.3, 0.4) is 0 Å². The van der Waals surface area contributed by atoms with Crippen LogP contribution in [0, 0.1) is 11.8 Å². The third-order valence-electron chi connectivity index (χ3n) is 7.06. The number of hydrogen-bond acceptors (Lipinski definition) is 9. The number of likely N-dealkylation sites (tertiary alicyclic amines) is 1. The Morgan fingerprint density at radius 2 is 1.88 bits per heavy atom. The SMILES string of the molecule is CCS(=O)(=O)C[C@H]1C[C@H](N(CC(C)C)C(=O)c2cnc(C(C)(C)C)nc2NCc2ccco2)CN(C(=O)OC(C)(C)C)C1. The first kappa shape index (κ1) is 34.3. The molecule has 0 spiro atoms. The van der Waals surface area contributed by atoms with Crippen LogP contribution < -0.4 is 5.32 Å². The fraction of sp³-hybridized carbons (Fsp3) is 0.677. The van der Waals surface area contributed by atoms with Gasteiger partial charge in [0.1, 0.15) is 38.4 Å². The molecule has 0 aliphatic carbocycles. The fourth-order valence-electron chi connectivity index (χ4n) is 5.04. The lowest BCUT2D eigenvalue weighted by molar-refractivity contribution is 0.00270. The smallest absolute Gasteiger partial charge is 0.410 e. The van der Waals surface area contributed by atoms with E-state index in [9.17, 15) is 18.0 Å². The van der Waals surface area contributed by atoms with E-state index in [1.165, 1.54) is 0 Å². The molecule has 0 radical (unpaired) electrons. The monoisotopic (exact) mass is 619 g/mol. The third kappa shape index (κ3) is 9.94. The Kier molecular flexibility index (Phi) is 10.9.